The quantitative estimate of drug-likeness (QED) is 0.0211. The van der Waals surface area contributed by atoms with Crippen LogP contribution >= 0.6 is 11.6 Å². The molecular weight excluding hydrogens is 984 g/mol. The first-order chi connectivity index (χ1) is 36.2. The van der Waals surface area contributed by atoms with E-state index in [0.29, 0.717) is 81.3 Å². The number of nitrogens with zero attached hydrogens (tertiary/aromatic N) is 6. The number of carbonyl (C=O) groups excluding carboxylic acids is 2. The lowest BCUT2D eigenvalue weighted by atomic mass is 9.81. The van der Waals surface area contributed by atoms with Gasteiger partial charge in [-0.2, -0.15) is 9.97 Å². The third-order valence-corrected chi connectivity index (χ3v) is 13.0. The number of hydrogen-bond acceptors (Lipinski definition) is 15. The van der Waals surface area contributed by atoms with Crippen LogP contribution in [0.5, 0.6) is 5.75 Å². The van der Waals surface area contributed by atoms with E-state index >= 15 is 8.78 Å². The number of hydrogen-bond donors (Lipinski definition) is 5. The van der Waals surface area contributed by atoms with Gasteiger partial charge in [-0.3, -0.25) is 9.59 Å². The highest BCUT2D eigenvalue weighted by Crippen LogP contribution is 2.29. The second-order valence-electron chi connectivity index (χ2n) is 19.1. The topological polar surface area (TPSA) is 189 Å². The summed E-state index contributed by atoms with van der Waals surface area (Å²) in [4.78, 5) is 47.1. The second kappa shape index (κ2) is 27.4. The molecule has 0 aliphatic carbocycles. The molecule has 3 aromatic carbocycles. The number of benzene rings is 3. The van der Waals surface area contributed by atoms with Crippen LogP contribution < -0.4 is 41.1 Å². The lowest BCUT2D eigenvalue weighted by molar-refractivity contribution is -0.120. The molecule has 2 atom stereocenters. The van der Waals surface area contributed by atoms with Crippen molar-refractivity contribution in [3.8, 4) is 5.75 Å². The molecule has 2 amide bonds. The van der Waals surface area contributed by atoms with Crippen LogP contribution in [0.2, 0.25) is 5.02 Å². The minimum atomic E-state index is -0.540. The number of allylic oxidation sites excluding steroid dienone is 4. The number of methoxy groups -OCH3 is 1. The Morgan fingerprint density at radius 3 is 2.13 bits per heavy atom. The number of nitrogens with one attached hydrogen (secondary N) is 5. The lowest BCUT2D eigenvalue weighted by Crippen LogP contribution is -2.49. The molecule has 0 unspecified atom stereocenters. The minimum absolute atomic E-state index is 0.0859. The number of carbonyl (C=O) groups is 2. The van der Waals surface area contributed by atoms with Gasteiger partial charge in [0, 0.05) is 79.6 Å². The summed E-state index contributed by atoms with van der Waals surface area (Å²) in [5.41, 5.74) is 3.60. The van der Waals surface area contributed by atoms with E-state index < -0.39 is 11.6 Å². The SMILES string of the molecule is COCCOc1ccc(Nc2ncc(F)c(N3CCC[C@@H](NC(=O)c4ccc(C(C)(C)CCOCCO/C(C)=C/C=C(\C)Nc5ncc(F)c(N6CCC[C@@H](NC(=O)CNc7cccc(Cl)c7)C6)n5)cc4)C3)n2)cc1. The Balaban J connectivity index is 0.795. The zero-order valence-corrected chi connectivity index (χ0v) is 44.0. The van der Waals surface area contributed by atoms with E-state index in [1.54, 1.807) is 19.2 Å². The van der Waals surface area contributed by atoms with Gasteiger partial charge in [-0.15, -0.1) is 0 Å². The Kier molecular flexibility index (Phi) is 20.4. The summed E-state index contributed by atoms with van der Waals surface area (Å²) in [6, 6.07) is 21.7. The van der Waals surface area contributed by atoms with Gasteiger partial charge >= 0.3 is 0 Å². The highest BCUT2D eigenvalue weighted by molar-refractivity contribution is 6.30. The zero-order chi connectivity index (χ0) is 53.2. The van der Waals surface area contributed by atoms with Crippen LogP contribution in [0.15, 0.2) is 109 Å². The average molecular weight is 1050 g/mol. The first kappa shape index (κ1) is 55.7. The Bertz CT molecular complexity index is 2730. The van der Waals surface area contributed by atoms with E-state index in [4.69, 9.17) is 30.5 Å². The number of ether oxygens (including phenoxy) is 4. The number of aromatic nitrogens is 4. The van der Waals surface area contributed by atoms with E-state index in [0.717, 1.165) is 67.1 Å². The second-order valence-corrected chi connectivity index (χ2v) is 19.6. The van der Waals surface area contributed by atoms with Crippen molar-refractivity contribution in [1.82, 2.24) is 30.6 Å². The number of anilines is 6. The molecule has 5 N–H and O–H groups in total. The Labute approximate surface area is 442 Å². The molecule has 2 aliphatic rings. The highest BCUT2D eigenvalue weighted by Gasteiger charge is 2.28. The van der Waals surface area contributed by atoms with Crippen LogP contribution in [0.1, 0.15) is 75.7 Å². The molecule has 5 aromatic rings. The van der Waals surface area contributed by atoms with Crippen molar-refractivity contribution in [2.45, 2.75) is 77.3 Å². The number of halogens is 3. The minimum Gasteiger partial charge on any atom is -0.496 e. The van der Waals surface area contributed by atoms with Crippen molar-refractivity contribution in [2.75, 3.05) is 98.6 Å². The van der Waals surface area contributed by atoms with Gasteiger partial charge in [0.2, 0.25) is 17.8 Å². The molecule has 75 heavy (non-hydrogen) atoms. The van der Waals surface area contributed by atoms with Crippen molar-refractivity contribution in [3.63, 3.8) is 0 Å². The fraction of sp³-hybridized carbons (Fsp3) is 0.418. The van der Waals surface area contributed by atoms with Crippen molar-refractivity contribution < 1.29 is 37.3 Å². The van der Waals surface area contributed by atoms with Gasteiger partial charge in [0.15, 0.2) is 23.3 Å². The third-order valence-electron chi connectivity index (χ3n) is 12.8. The van der Waals surface area contributed by atoms with Gasteiger partial charge in [-0.05, 0) is 124 Å². The normalized spacial score (nSPS) is 16.3. The van der Waals surface area contributed by atoms with Crippen LogP contribution in [0, 0.1) is 11.6 Å². The van der Waals surface area contributed by atoms with Crippen LogP contribution in [-0.4, -0.2) is 117 Å². The van der Waals surface area contributed by atoms with Gasteiger partial charge in [-0.25, -0.2) is 18.7 Å². The smallest absolute Gasteiger partial charge is 0.251 e. The maximum absolute atomic E-state index is 15.1. The fourth-order valence-electron chi connectivity index (χ4n) is 8.61. The summed E-state index contributed by atoms with van der Waals surface area (Å²) >= 11 is 6.05. The molecule has 7 rings (SSSR count). The number of rotatable bonds is 25. The standard InChI is InChI=1S/C55H68ClF2N11O6/c1-37(62-53-60-32-47(57)50(66-53)68-24-7-11-44(35-68)63-49(70)34-59-43-10-6-9-41(56)31-43)13-14-38(2)74-30-28-73-26-23-55(3,4)40-17-15-39(16-18-40)52(71)64-45-12-8-25-69(36-45)51-48(58)33-61-54(67-51)65-42-19-21-46(22-20-42)75-29-27-72-5/h6,9-10,13-22,31-33,44-45,59H,7-8,11-12,23-30,34-36H2,1-5H3,(H,63,70)(H,64,71)(H,60,62,66)(H,61,65,67)/b37-13+,38-14+/t44-,45-/m1/s1. The Morgan fingerprint density at radius 1 is 0.787 bits per heavy atom. The summed E-state index contributed by atoms with van der Waals surface area (Å²) in [6.07, 6.45) is 9.75. The summed E-state index contributed by atoms with van der Waals surface area (Å²) in [6.45, 7) is 12.3. The van der Waals surface area contributed by atoms with Crippen LogP contribution in [0.3, 0.4) is 0 Å². The summed E-state index contributed by atoms with van der Waals surface area (Å²) in [7, 11) is 1.62. The van der Waals surface area contributed by atoms with Crippen LogP contribution in [0.4, 0.5) is 43.7 Å². The van der Waals surface area contributed by atoms with E-state index in [9.17, 15) is 9.59 Å². The maximum atomic E-state index is 15.1. The van der Waals surface area contributed by atoms with E-state index in [1.165, 1.54) is 0 Å². The molecule has 2 aromatic heterocycles. The molecule has 0 spiro atoms. The summed E-state index contributed by atoms with van der Waals surface area (Å²) in [5, 5.41) is 16.1. The predicted octanol–water partition coefficient (Wildman–Crippen LogP) is 9.18. The fourth-order valence-corrected chi connectivity index (χ4v) is 8.80. The van der Waals surface area contributed by atoms with Crippen molar-refractivity contribution >= 4 is 58.3 Å². The summed E-state index contributed by atoms with van der Waals surface area (Å²) < 4.78 is 52.6. The monoisotopic (exact) mass is 1050 g/mol. The zero-order valence-electron chi connectivity index (χ0n) is 43.3. The molecule has 17 nitrogen and oxygen atoms in total. The predicted molar refractivity (Wildman–Crippen MR) is 289 cm³/mol. The van der Waals surface area contributed by atoms with Crippen LogP contribution in [-0.2, 0) is 24.4 Å². The molecule has 0 radical (unpaired) electrons. The number of amides is 2. The largest absolute Gasteiger partial charge is 0.496 e. The first-order valence-electron chi connectivity index (χ1n) is 25.3. The van der Waals surface area contributed by atoms with Crippen molar-refractivity contribution in [2.24, 2.45) is 0 Å². The molecule has 4 heterocycles. The molecule has 0 saturated carbocycles. The lowest BCUT2D eigenvalue weighted by Gasteiger charge is -2.34. The van der Waals surface area contributed by atoms with E-state index in [1.807, 2.05) is 96.5 Å². The molecule has 2 aliphatic heterocycles. The first-order valence-corrected chi connectivity index (χ1v) is 25.7. The summed E-state index contributed by atoms with van der Waals surface area (Å²) in [5.74, 6) is 0.807. The van der Waals surface area contributed by atoms with E-state index in [2.05, 4.69) is 60.4 Å². The highest BCUT2D eigenvalue weighted by atomic mass is 35.5. The maximum Gasteiger partial charge on any atom is 0.251 e. The Hall–Kier alpha value is -7.09. The molecule has 0 bridgehead atoms. The Morgan fingerprint density at radius 2 is 1.45 bits per heavy atom. The van der Waals surface area contributed by atoms with Gasteiger partial charge in [0.05, 0.1) is 37.9 Å². The molecule has 2 saturated heterocycles. The van der Waals surface area contributed by atoms with Crippen molar-refractivity contribution in [1.29, 1.82) is 0 Å². The van der Waals surface area contributed by atoms with Gasteiger partial charge in [0.1, 0.15) is 19.0 Å². The third kappa shape index (κ3) is 17.2. The van der Waals surface area contributed by atoms with Crippen molar-refractivity contribution in [3.05, 3.63) is 137 Å². The average Bonchev–Trinajstić information content (AvgIpc) is 3.40. The molecule has 400 valence electrons. The van der Waals surface area contributed by atoms with Gasteiger partial charge in [0.25, 0.3) is 5.91 Å². The van der Waals surface area contributed by atoms with Gasteiger partial charge < -0.3 is 55.3 Å². The number of piperidine rings is 2. The molecule has 2 fully saturated rings. The van der Waals surface area contributed by atoms with E-state index in [-0.39, 0.29) is 59.4 Å². The molecular formula is C55H68ClF2N11O6. The van der Waals surface area contributed by atoms with Crippen LogP contribution in [0.25, 0.3) is 0 Å². The van der Waals surface area contributed by atoms with Gasteiger partial charge in [-0.1, -0.05) is 43.6 Å². The molecule has 20 heteroatoms.